The summed E-state index contributed by atoms with van der Waals surface area (Å²) >= 11 is 2.83. The third kappa shape index (κ3) is 1.10. The topological polar surface area (TPSA) is 58.9 Å². The molecule has 46 valence electrons. The summed E-state index contributed by atoms with van der Waals surface area (Å²) in [4.78, 5) is 20.8. The molecular weight excluding hydrogens is 188 g/mol. The molecule has 0 fully saturated rings. The molecule has 1 heterocycles. The molecule has 0 N–H and O–H groups in total. The Kier molecular flexibility index (Phi) is 1.52. The van der Waals surface area contributed by atoms with Crippen molar-refractivity contribution in [3.8, 4) is 0 Å². The number of halogens is 1. The van der Waals surface area contributed by atoms with Crippen molar-refractivity contribution in [2.45, 2.75) is 0 Å². The summed E-state index contributed by atoms with van der Waals surface area (Å²) in [5.74, 6) is -1.48. The van der Waals surface area contributed by atoms with Gasteiger partial charge >= 0.3 is 5.91 Å². The van der Waals surface area contributed by atoms with Crippen LogP contribution >= 0.6 is 15.9 Å². The van der Waals surface area contributed by atoms with Gasteiger partial charge in [0.25, 0.3) is 5.78 Å². The highest BCUT2D eigenvalue weighted by molar-refractivity contribution is 9.12. The number of hydrogen-bond acceptors (Lipinski definition) is 3. The average molecular weight is 189 g/mol. The second-order valence-corrected chi connectivity index (χ2v) is 2.18. The highest BCUT2D eigenvalue weighted by Gasteiger charge is 2.18. The molecule has 0 atom stereocenters. The van der Waals surface area contributed by atoms with Gasteiger partial charge in [-0.05, 0) is 15.9 Å². The number of azo groups is 1. The molecule has 0 saturated carbocycles. The van der Waals surface area contributed by atoms with Crippen LogP contribution in [0.1, 0.15) is 0 Å². The molecular formula is C4HBrN2O2. The monoisotopic (exact) mass is 188 g/mol. The molecule has 0 spiro atoms. The predicted molar refractivity (Wildman–Crippen MR) is 31.9 cm³/mol. The zero-order valence-electron chi connectivity index (χ0n) is 4.17. The van der Waals surface area contributed by atoms with Gasteiger partial charge in [0.1, 0.15) is 0 Å². The second-order valence-electron chi connectivity index (χ2n) is 1.33. The molecule has 0 aliphatic carbocycles. The Bertz CT molecular complexity index is 231. The van der Waals surface area contributed by atoms with E-state index in [0.717, 1.165) is 0 Å². The summed E-state index contributed by atoms with van der Waals surface area (Å²) in [5, 5.41) is 6.23. The first-order valence-electron chi connectivity index (χ1n) is 2.07. The highest BCUT2D eigenvalue weighted by Crippen LogP contribution is 2.11. The van der Waals surface area contributed by atoms with Crippen LogP contribution in [0.15, 0.2) is 20.9 Å². The number of Topliss-reactive ketones (excluding diaryl/α,β-unsaturated/α-hetero) is 1. The first kappa shape index (κ1) is 6.28. The summed E-state index contributed by atoms with van der Waals surface area (Å²) < 4.78 is 0.155. The lowest BCUT2D eigenvalue weighted by Crippen LogP contribution is -2.12. The predicted octanol–water partition coefficient (Wildman–Crippen LogP) is 0.784. The van der Waals surface area contributed by atoms with E-state index in [1.165, 1.54) is 6.20 Å². The van der Waals surface area contributed by atoms with E-state index >= 15 is 0 Å². The number of hydrogen-bond donors (Lipinski definition) is 0. The van der Waals surface area contributed by atoms with E-state index in [1.807, 2.05) is 0 Å². The molecule has 0 bridgehead atoms. The average Bonchev–Trinajstić information content (AvgIpc) is 1.83. The van der Waals surface area contributed by atoms with Gasteiger partial charge in [0.15, 0.2) is 0 Å². The molecule has 1 amide bonds. The fourth-order valence-electron chi connectivity index (χ4n) is 0.338. The third-order valence-electron chi connectivity index (χ3n) is 0.731. The number of carbonyl (C=O) groups excluding carboxylic acids is 2. The van der Waals surface area contributed by atoms with Gasteiger partial charge in [0.2, 0.25) is 0 Å². The van der Waals surface area contributed by atoms with E-state index in [0.29, 0.717) is 0 Å². The van der Waals surface area contributed by atoms with Gasteiger partial charge in [-0.3, -0.25) is 9.59 Å². The fourth-order valence-corrected chi connectivity index (χ4v) is 0.599. The lowest BCUT2D eigenvalue weighted by atomic mass is 10.3. The van der Waals surface area contributed by atoms with Crippen LogP contribution in [0.4, 0.5) is 0 Å². The maximum absolute atomic E-state index is 10.5. The van der Waals surface area contributed by atoms with E-state index in [-0.39, 0.29) is 4.48 Å². The molecule has 9 heavy (non-hydrogen) atoms. The van der Waals surface area contributed by atoms with Gasteiger partial charge in [-0.2, -0.15) is 5.11 Å². The van der Waals surface area contributed by atoms with E-state index < -0.39 is 11.7 Å². The van der Waals surface area contributed by atoms with E-state index in [1.54, 1.807) is 0 Å². The number of amides is 1. The number of carbonyl (C=O) groups is 2. The van der Waals surface area contributed by atoms with Crippen LogP contribution in [0, 0.1) is 0 Å². The Hall–Kier alpha value is -0.840. The lowest BCUT2D eigenvalue weighted by Gasteiger charge is -1.93. The van der Waals surface area contributed by atoms with E-state index in [2.05, 4.69) is 26.2 Å². The van der Waals surface area contributed by atoms with Crippen molar-refractivity contribution in [2.75, 3.05) is 0 Å². The first-order chi connectivity index (χ1) is 4.22. The molecule has 0 saturated heterocycles. The maximum atomic E-state index is 10.5. The molecule has 0 radical (unpaired) electrons. The van der Waals surface area contributed by atoms with Crippen molar-refractivity contribution in [3.05, 3.63) is 10.7 Å². The number of rotatable bonds is 0. The lowest BCUT2D eigenvalue weighted by molar-refractivity contribution is -0.133. The summed E-state index contributed by atoms with van der Waals surface area (Å²) in [6.07, 6.45) is 1.18. The normalized spacial score (nSPS) is 18.1. The van der Waals surface area contributed by atoms with Crippen molar-refractivity contribution in [3.63, 3.8) is 0 Å². The Balaban J connectivity index is 3.00. The molecule has 0 aromatic carbocycles. The van der Waals surface area contributed by atoms with E-state index in [9.17, 15) is 9.59 Å². The van der Waals surface area contributed by atoms with Crippen molar-refractivity contribution in [1.29, 1.82) is 0 Å². The van der Waals surface area contributed by atoms with Crippen molar-refractivity contribution in [1.82, 2.24) is 0 Å². The fraction of sp³-hybridized carbons (Fsp3) is 0. The molecule has 1 rings (SSSR count). The Morgan fingerprint density at radius 1 is 1.44 bits per heavy atom. The minimum absolute atomic E-state index is 0.155. The molecule has 1 aliphatic heterocycles. The minimum Gasteiger partial charge on any atom is -0.282 e. The van der Waals surface area contributed by atoms with Crippen molar-refractivity contribution in [2.24, 2.45) is 10.2 Å². The number of nitrogens with zero attached hydrogens (tertiary/aromatic N) is 2. The summed E-state index contributed by atoms with van der Waals surface area (Å²) in [7, 11) is 0. The van der Waals surface area contributed by atoms with Crippen LogP contribution in [0.5, 0.6) is 0 Å². The van der Waals surface area contributed by atoms with Gasteiger partial charge in [-0.25, -0.2) is 0 Å². The zero-order chi connectivity index (χ0) is 6.85. The van der Waals surface area contributed by atoms with Crippen LogP contribution in [0.25, 0.3) is 0 Å². The van der Waals surface area contributed by atoms with Crippen molar-refractivity contribution < 1.29 is 9.59 Å². The van der Waals surface area contributed by atoms with Crippen LogP contribution < -0.4 is 0 Å². The van der Waals surface area contributed by atoms with Crippen LogP contribution in [-0.4, -0.2) is 11.7 Å². The summed E-state index contributed by atoms with van der Waals surface area (Å²) in [6.45, 7) is 0. The Labute approximate surface area is 58.8 Å². The van der Waals surface area contributed by atoms with Crippen LogP contribution in [0.2, 0.25) is 0 Å². The highest BCUT2D eigenvalue weighted by atomic mass is 79.9. The minimum atomic E-state index is -0.829. The van der Waals surface area contributed by atoms with Crippen molar-refractivity contribution >= 4 is 27.6 Å². The number of ketones is 1. The SMILES string of the molecule is O=C1N=NC=C(Br)C1=O. The Morgan fingerprint density at radius 2 is 2.11 bits per heavy atom. The molecule has 0 unspecified atom stereocenters. The first-order valence-corrected chi connectivity index (χ1v) is 2.86. The van der Waals surface area contributed by atoms with Gasteiger partial charge in [-0.1, -0.05) is 0 Å². The largest absolute Gasteiger partial charge is 0.337 e. The van der Waals surface area contributed by atoms with Gasteiger partial charge in [-0.15, -0.1) is 5.11 Å². The summed E-state index contributed by atoms with van der Waals surface area (Å²) in [6, 6.07) is 0. The standard InChI is InChI=1S/C4HBrN2O2/c5-2-1-6-7-4(9)3(2)8/h1H. The van der Waals surface area contributed by atoms with Gasteiger partial charge in [0, 0.05) is 0 Å². The van der Waals surface area contributed by atoms with Crippen LogP contribution in [-0.2, 0) is 9.59 Å². The van der Waals surface area contributed by atoms with Gasteiger partial charge in [0.05, 0.1) is 10.7 Å². The zero-order valence-corrected chi connectivity index (χ0v) is 5.75. The Morgan fingerprint density at radius 3 is 2.56 bits per heavy atom. The molecule has 4 nitrogen and oxygen atoms in total. The maximum Gasteiger partial charge on any atom is 0.337 e. The molecule has 5 heteroatoms. The molecule has 0 aromatic heterocycles. The summed E-state index contributed by atoms with van der Waals surface area (Å²) in [5.41, 5.74) is 0. The molecule has 0 aromatic rings. The van der Waals surface area contributed by atoms with Crippen LogP contribution in [0.3, 0.4) is 0 Å². The third-order valence-corrected chi connectivity index (χ3v) is 1.30. The van der Waals surface area contributed by atoms with E-state index in [4.69, 9.17) is 0 Å². The molecule has 1 aliphatic rings. The second kappa shape index (κ2) is 2.18. The quantitative estimate of drug-likeness (QED) is 0.528. The van der Waals surface area contributed by atoms with Gasteiger partial charge < -0.3 is 0 Å². The smallest absolute Gasteiger partial charge is 0.282 e.